The minimum absolute atomic E-state index is 0.250. The largest absolute Gasteiger partial charge is 0.481 e. The van der Waals surface area contributed by atoms with Crippen molar-refractivity contribution in [1.29, 1.82) is 0 Å². The first kappa shape index (κ1) is 15.9. The first-order valence-corrected chi connectivity index (χ1v) is 7.99. The van der Waals surface area contributed by atoms with Crippen LogP contribution in [0.2, 0.25) is 0 Å². The van der Waals surface area contributed by atoms with E-state index < -0.39 is 35.8 Å². The van der Waals surface area contributed by atoms with Gasteiger partial charge in [-0.2, -0.15) is 0 Å². The van der Waals surface area contributed by atoms with Crippen LogP contribution in [0.1, 0.15) is 28.2 Å². The number of carbonyl (C=O) groups is 3. The quantitative estimate of drug-likeness (QED) is 0.787. The molecule has 2 saturated heterocycles. The molecule has 2 fully saturated rings. The molecule has 0 aromatic carbocycles. The molecule has 3 rings (SSSR count). The summed E-state index contributed by atoms with van der Waals surface area (Å²) in [6.45, 7) is 1.64. The number of fused-ring (bicyclic) bond motifs is 2. The fraction of sp³-hybridized carbons (Fsp3) is 0.571. The summed E-state index contributed by atoms with van der Waals surface area (Å²) in [7, 11) is 1.27. The van der Waals surface area contributed by atoms with E-state index in [1.54, 1.807) is 6.92 Å². The highest BCUT2D eigenvalue weighted by molar-refractivity contribution is 7.17. The van der Waals surface area contributed by atoms with E-state index in [0.717, 1.165) is 11.3 Å². The third-order valence-corrected chi connectivity index (χ3v) is 5.31. The molecule has 23 heavy (non-hydrogen) atoms. The Bertz CT molecular complexity index is 672. The summed E-state index contributed by atoms with van der Waals surface area (Å²) in [5.41, 5.74) is 0.455. The van der Waals surface area contributed by atoms with Crippen LogP contribution < -0.4 is 5.32 Å². The average molecular weight is 340 g/mol. The number of carbonyl (C=O) groups excluding carboxylic acids is 2. The molecule has 0 unspecified atom stereocenters. The molecule has 0 aliphatic carbocycles. The lowest BCUT2D eigenvalue weighted by molar-refractivity contribution is -0.147. The van der Waals surface area contributed by atoms with E-state index in [2.05, 4.69) is 15.0 Å². The summed E-state index contributed by atoms with van der Waals surface area (Å²) in [6, 6.07) is 0. The number of methoxy groups -OCH3 is 1. The van der Waals surface area contributed by atoms with Crippen LogP contribution in [-0.2, 0) is 19.1 Å². The van der Waals surface area contributed by atoms with E-state index in [9.17, 15) is 19.5 Å². The van der Waals surface area contributed by atoms with Gasteiger partial charge in [0.1, 0.15) is 4.88 Å². The van der Waals surface area contributed by atoms with E-state index in [4.69, 9.17) is 4.74 Å². The fourth-order valence-corrected chi connectivity index (χ4v) is 4.13. The number of amides is 1. The summed E-state index contributed by atoms with van der Waals surface area (Å²) < 4.78 is 10.2. The van der Waals surface area contributed by atoms with Crippen molar-refractivity contribution in [3.8, 4) is 0 Å². The lowest BCUT2D eigenvalue weighted by atomic mass is 9.79. The maximum atomic E-state index is 12.5. The Morgan fingerprint density at radius 1 is 1.30 bits per heavy atom. The lowest BCUT2D eigenvalue weighted by Crippen LogP contribution is -2.40. The summed E-state index contributed by atoms with van der Waals surface area (Å²) in [4.78, 5) is 39.9. The van der Waals surface area contributed by atoms with E-state index in [-0.39, 0.29) is 11.2 Å². The second-order valence-corrected chi connectivity index (χ2v) is 6.59. The molecule has 1 aromatic heterocycles. The Kier molecular flexibility index (Phi) is 4.07. The Morgan fingerprint density at radius 3 is 2.57 bits per heavy atom. The molecule has 2 aliphatic rings. The Labute approximate surface area is 135 Å². The molecule has 1 aromatic rings. The lowest BCUT2D eigenvalue weighted by Gasteiger charge is -2.23. The molecule has 2 aliphatic heterocycles. The summed E-state index contributed by atoms with van der Waals surface area (Å²) in [5.74, 6) is -3.56. The monoisotopic (exact) mass is 340 g/mol. The zero-order valence-electron chi connectivity index (χ0n) is 12.6. The highest BCUT2D eigenvalue weighted by atomic mass is 32.1. The van der Waals surface area contributed by atoms with Crippen molar-refractivity contribution >= 4 is 34.3 Å². The van der Waals surface area contributed by atoms with Crippen LogP contribution in [0.4, 0.5) is 5.13 Å². The van der Waals surface area contributed by atoms with Gasteiger partial charge in [0, 0.05) is 0 Å². The van der Waals surface area contributed by atoms with Gasteiger partial charge in [-0.3, -0.25) is 9.59 Å². The Balaban J connectivity index is 1.77. The fourth-order valence-electron chi connectivity index (χ4n) is 3.25. The molecule has 0 spiro atoms. The van der Waals surface area contributed by atoms with Crippen molar-refractivity contribution in [3.05, 3.63) is 10.6 Å². The molecule has 1 amide bonds. The number of thiazole rings is 1. The third-order valence-electron chi connectivity index (χ3n) is 4.26. The first-order valence-electron chi connectivity index (χ1n) is 7.17. The van der Waals surface area contributed by atoms with Crippen molar-refractivity contribution in [2.24, 2.45) is 11.8 Å². The molecule has 2 N–H and O–H groups in total. The average Bonchev–Trinajstić information content (AvgIpc) is 3.19. The van der Waals surface area contributed by atoms with E-state index in [1.807, 2.05) is 0 Å². The second kappa shape index (κ2) is 5.89. The van der Waals surface area contributed by atoms with E-state index in [0.29, 0.717) is 23.4 Å². The number of nitrogens with zero attached hydrogens (tertiary/aromatic N) is 1. The van der Waals surface area contributed by atoms with Crippen LogP contribution in [0.25, 0.3) is 0 Å². The number of anilines is 1. The van der Waals surface area contributed by atoms with Gasteiger partial charge in [0.15, 0.2) is 5.13 Å². The van der Waals surface area contributed by atoms with Crippen molar-refractivity contribution in [3.63, 3.8) is 0 Å². The van der Waals surface area contributed by atoms with Gasteiger partial charge in [-0.1, -0.05) is 11.3 Å². The van der Waals surface area contributed by atoms with Gasteiger partial charge in [0.25, 0.3) is 0 Å². The number of hydrogen-bond acceptors (Lipinski definition) is 7. The molecule has 0 saturated carbocycles. The Hall–Kier alpha value is -2.00. The van der Waals surface area contributed by atoms with Gasteiger partial charge in [-0.15, -0.1) is 0 Å². The number of aryl methyl sites for hydroxylation is 1. The highest BCUT2D eigenvalue weighted by Gasteiger charge is 2.55. The molecular formula is C14H16N2O6S. The molecule has 4 atom stereocenters. The predicted molar refractivity (Wildman–Crippen MR) is 79.3 cm³/mol. The zero-order valence-corrected chi connectivity index (χ0v) is 13.4. The Morgan fingerprint density at radius 2 is 1.96 bits per heavy atom. The molecular weight excluding hydrogens is 324 g/mol. The summed E-state index contributed by atoms with van der Waals surface area (Å²) >= 11 is 1.00. The number of aliphatic carboxylic acids is 1. The number of rotatable bonds is 4. The molecule has 2 bridgehead atoms. The number of nitrogens with one attached hydrogen (secondary N) is 1. The van der Waals surface area contributed by atoms with Gasteiger partial charge in [0.2, 0.25) is 5.91 Å². The first-order chi connectivity index (χ1) is 10.9. The summed E-state index contributed by atoms with van der Waals surface area (Å²) in [6.07, 6.45) is 0.560. The normalized spacial score (nSPS) is 28.6. The van der Waals surface area contributed by atoms with Crippen LogP contribution in [0.5, 0.6) is 0 Å². The molecule has 9 heteroatoms. The maximum absolute atomic E-state index is 12.5. The number of carboxylic acids is 1. The number of carboxylic acid groups (broad SMARTS) is 1. The van der Waals surface area contributed by atoms with E-state index in [1.165, 1.54) is 7.11 Å². The second-order valence-electron chi connectivity index (χ2n) is 5.59. The standard InChI is InChI=1S/C14H16N2O6S/c1-5-10(13(20)21-2)23-14(15-5)16-11(17)8-6-3-4-7(22-6)9(8)12(18)19/h6-9H,3-4H2,1-2H3,(H,18,19)(H,15,16,17)/t6-,7+,8-,9-/m0/s1. The van der Waals surface area contributed by atoms with Crippen LogP contribution in [0.3, 0.4) is 0 Å². The molecule has 124 valence electrons. The number of ether oxygens (including phenoxy) is 2. The van der Waals surface area contributed by atoms with Gasteiger partial charge < -0.3 is 19.9 Å². The van der Waals surface area contributed by atoms with Crippen LogP contribution >= 0.6 is 11.3 Å². The van der Waals surface area contributed by atoms with Crippen molar-refractivity contribution in [2.75, 3.05) is 12.4 Å². The number of aromatic nitrogens is 1. The van der Waals surface area contributed by atoms with Gasteiger partial charge >= 0.3 is 11.9 Å². The third kappa shape index (κ3) is 2.70. The van der Waals surface area contributed by atoms with Crippen molar-refractivity contribution in [1.82, 2.24) is 4.98 Å². The maximum Gasteiger partial charge on any atom is 0.350 e. The topological polar surface area (TPSA) is 115 Å². The summed E-state index contributed by atoms with van der Waals surface area (Å²) in [5, 5.41) is 12.2. The van der Waals surface area contributed by atoms with Crippen molar-refractivity contribution in [2.45, 2.75) is 32.0 Å². The molecule has 3 heterocycles. The van der Waals surface area contributed by atoms with Crippen LogP contribution in [-0.4, -0.2) is 47.3 Å². The molecule has 8 nitrogen and oxygen atoms in total. The van der Waals surface area contributed by atoms with Gasteiger partial charge in [0.05, 0.1) is 36.8 Å². The highest BCUT2D eigenvalue weighted by Crippen LogP contribution is 2.44. The number of hydrogen-bond donors (Lipinski definition) is 2. The van der Waals surface area contributed by atoms with Crippen LogP contribution in [0.15, 0.2) is 0 Å². The minimum Gasteiger partial charge on any atom is -0.481 e. The number of esters is 1. The molecule has 0 radical (unpaired) electrons. The van der Waals surface area contributed by atoms with Gasteiger partial charge in [-0.25, -0.2) is 9.78 Å². The van der Waals surface area contributed by atoms with Crippen molar-refractivity contribution < 1.29 is 29.0 Å². The SMILES string of the molecule is COC(=O)c1sc(NC(=O)[C@@H]2[C@@H](C(=O)O)[C@H]3CC[C@@H]2O3)nc1C. The zero-order chi connectivity index (χ0) is 16.7. The van der Waals surface area contributed by atoms with E-state index >= 15 is 0 Å². The van der Waals surface area contributed by atoms with Crippen LogP contribution in [0, 0.1) is 18.8 Å². The minimum atomic E-state index is -1.03. The smallest absolute Gasteiger partial charge is 0.350 e. The van der Waals surface area contributed by atoms with Gasteiger partial charge in [-0.05, 0) is 19.8 Å². The predicted octanol–water partition coefficient (Wildman–Crippen LogP) is 1.05.